The third-order valence-corrected chi connectivity index (χ3v) is 10.9. The van der Waals surface area contributed by atoms with E-state index in [9.17, 15) is 15.2 Å². The van der Waals surface area contributed by atoms with Gasteiger partial charge in [0.1, 0.15) is 16.6 Å². The zero-order valence-corrected chi connectivity index (χ0v) is 26.3. The summed E-state index contributed by atoms with van der Waals surface area (Å²) in [5, 5.41) is 26.1. The lowest BCUT2D eigenvalue weighted by molar-refractivity contribution is -0.143. The normalized spacial score (nSPS) is 18.6. The summed E-state index contributed by atoms with van der Waals surface area (Å²) in [6.45, 7) is 9.19. The number of aryl methyl sites for hydroxylation is 2. The van der Waals surface area contributed by atoms with Crippen molar-refractivity contribution in [1.82, 2.24) is 29.4 Å². The molecule has 0 radical (unpaired) electrons. The minimum atomic E-state index is -0.363. The van der Waals surface area contributed by atoms with Crippen LogP contribution in [0.15, 0.2) is 24.3 Å². The summed E-state index contributed by atoms with van der Waals surface area (Å²) in [4.78, 5) is 32.2. The number of hydrogen-bond acceptors (Lipinski definition) is 11. The number of amides is 1. The van der Waals surface area contributed by atoms with E-state index in [-0.39, 0.29) is 17.4 Å². The maximum absolute atomic E-state index is 12.6. The molecule has 3 saturated heterocycles. The summed E-state index contributed by atoms with van der Waals surface area (Å²) in [7, 11) is 1.97. The number of likely N-dealkylation sites (tertiary alicyclic amines) is 2. The zero-order chi connectivity index (χ0) is 29.9. The second-order valence-electron chi connectivity index (χ2n) is 12.1. The molecule has 3 aliphatic rings. The summed E-state index contributed by atoms with van der Waals surface area (Å²) in [5.41, 5.74) is 3.91. The Morgan fingerprint density at radius 2 is 1.95 bits per heavy atom. The monoisotopic (exact) mass is 617 g/mol. The van der Waals surface area contributed by atoms with Crippen LogP contribution in [0.3, 0.4) is 0 Å². The largest absolute Gasteiger partial charge is 0.389 e. The Kier molecular flexibility index (Phi) is 7.12. The van der Waals surface area contributed by atoms with Crippen LogP contribution in [0.4, 0.5) is 16.1 Å². The van der Waals surface area contributed by atoms with Gasteiger partial charge in [-0.3, -0.25) is 9.69 Å². The van der Waals surface area contributed by atoms with Crippen molar-refractivity contribution in [1.29, 1.82) is 5.26 Å². The molecule has 4 aromatic rings. The summed E-state index contributed by atoms with van der Waals surface area (Å²) in [6, 6.07) is 10.4. The molecule has 1 N–H and O–H groups in total. The van der Waals surface area contributed by atoms with Gasteiger partial charge in [-0.05, 0) is 32.7 Å². The summed E-state index contributed by atoms with van der Waals surface area (Å²) < 4.78 is 1.93. The second kappa shape index (κ2) is 10.9. The Balaban J connectivity index is 1.09. The molecule has 0 saturated carbocycles. The number of aliphatic hydroxyl groups is 1. The zero-order valence-electron chi connectivity index (χ0n) is 24.7. The third kappa shape index (κ3) is 5.06. The maximum atomic E-state index is 12.6. The Morgan fingerprint density at radius 3 is 2.65 bits per heavy atom. The molecular weight excluding hydrogens is 583 g/mol. The number of hydrogen-bond donors (Lipinski definition) is 1. The lowest BCUT2D eigenvalue weighted by Crippen LogP contribution is -2.64. The first-order chi connectivity index (χ1) is 20.8. The lowest BCUT2D eigenvalue weighted by Gasteiger charge is -2.54. The molecule has 3 aliphatic heterocycles. The second-order valence-corrected chi connectivity index (χ2v) is 14.1. The molecule has 7 rings (SSSR count). The molecule has 3 fully saturated rings. The first kappa shape index (κ1) is 28.2. The van der Waals surface area contributed by atoms with Gasteiger partial charge in [-0.25, -0.2) is 9.97 Å². The van der Waals surface area contributed by atoms with Crippen LogP contribution >= 0.6 is 22.7 Å². The molecule has 1 spiro atoms. The molecular formula is C30H35N9O2S2. The van der Waals surface area contributed by atoms with Crippen molar-refractivity contribution in [2.75, 3.05) is 62.7 Å². The smallest absolute Gasteiger partial charge is 0.236 e. The SMILES string of the molecule is CCc1nc2sc(N3CC4(CCCN(CC(=O)N5CC(O)C5)C4)C3)nn2c1N(C)c1nc(-c2ccc(C)cc2)c(C#N)s1. The highest BCUT2D eigenvalue weighted by molar-refractivity contribution is 7.20. The fourth-order valence-corrected chi connectivity index (χ4v) is 8.31. The number of carbonyl (C=O) groups excluding carboxylic acids is 1. The average molecular weight is 618 g/mol. The number of aromatic nitrogens is 4. The van der Waals surface area contributed by atoms with Crippen LogP contribution < -0.4 is 9.80 Å². The minimum absolute atomic E-state index is 0.121. The van der Waals surface area contributed by atoms with Crippen LogP contribution in [-0.4, -0.2) is 99.4 Å². The van der Waals surface area contributed by atoms with E-state index in [4.69, 9.17) is 15.1 Å². The molecule has 0 aliphatic carbocycles. The average Bonchev–Trinajstić information content (AvgIpc) is 3.67. The van der Waals surface area contributed by atoms with Gasteiger partial charge < -0.3 is 19.8 Å². The van der Waals surface area contributed by atoms with Crippen molar-refractivity contribution in [2.24, 2.45) is 5.41 Å². The molecule has 11 nitrogen and oxygen atoms in total. The number of aliphatic hydroxyl groups excluding tert-OH is 1. The number of β-amino-alcohol motifs (C(OH)–C–C–N with tert-alkyl or cyclic N) is 1. The molecule has 3 aromatic heterocycles. The van der Waals surface area contributed by atoms with Crippen molar-refractivity contribution in [3.63, 3.8) is 0 Å². The fraction of sp³-hybridized carbons (Fsp3) is 0.500. The van der Waals surface area contributed by atoms with Gasteiger partial charge in [0, 0.05) is 50.7 Å². The Bertz CT molecular complexity index is 1710. The number of thiazole rings is 1. The first-order valence-electron chi connectivity index (χ1n) is 14.8. The minimum Gasteiger partial charge on any atom is -0.389 e. The predicted octanol–water partition coefficient (Wildman–Crippen LogP) is 3.53. The van der Waals surface area contributed by atoms with E-state index in [1.165, 1.54) is 11.3 Å². The van der Waals surface area contributed by atoms with Crippen molar-refractivity contribution in [3.8, 4) is 17.3 Å². The van der Waals surface area contributed by atoms with Crippen LogP contribution in [0.25, 0.3) is 16.2 Å². The van der Waals surface area contributed by atoms with Gasteiger partial charge in [-0.15, -0.1) is 5.10 Å². The molecule has 43 heavy (non-hydrogen) atoms. The first-order valence-corrected chi connectivity index (χ1v) is 16.4. The number of nitriles is 1. The highest BCUT2D eigenvalue weighted by Crippen LogP contribution is 2.44. The van der Waals surface area contributed by atoms with E-state index in [0.29, 0.717) is 30.2 Å². The highest BCUT2D eigenvalue weighted by Gasteiger charge is 2.47. The van der Waals surface area contributed by atoms with Gasteiger partial charge in [0.25, 0.3) is 0 Å². The van der Waals surface area contributed by atoms with Gasteiger partial charge in [0.05, 0.1) is 18.3 Å². The van der Waals surface area contributed by atoms with Gasteiger partial charge in [-0.2, -0.15) is 9.78 Å². The van der Waals surface area contributed by atoms with E-state index < -0.39 is 0 Å². The van der Waals surface area contributed by atoms with E-state index in [2.05, 4.69) is 22.8 Å². The fourth-order valence-electron chi connectivity index (χ4n) is 6.55. The van der Waals surface area contributed by atoms with Crippen molar-refractivity contribution >= 4 is 49.6 Å². The van der Waals surface area contributed by atoms with Crippen molar-refractivity contribution in [2.45, 2.75) is 39.2 Å². The standard InChI is InChI=1S/C30H35N9O2S2/c1-4-22-26(35(3)27-33-25(23(12-31)42-27)20-8-6-19(2)7-9-20)39-28(32-22)43-29(34-39)38-17-30(18-38)10-5-11-36(16-30)15-24(41)37-13-21(40)14-37/h6-9,21,40H,4-5,10-11,13-18H2,1-3H3. The molecule has 1 amide bonds. The molecule has 0 bridgehead atoms. The van der Waals surface area contributed by atoms with E-state index in [0.717, 1.165) is 83.3 Å². The van der Waals surface area contributed by atoms with Crippen LogP contribution in [-0.2, 0) is 11.2 Å². The number of rotatable bonds is 7. The van der Waals surface area contributed by atoms with Crippen LogP contribution in [0, 0.1) is 23.7 Å². The number of anilines is 3. The number of fused-ring (bicyclic) bond motifs is 1. The predicted molar refractivity (Wildman–Crippen MR) is 168 cm³/mol. The summed E-state index contributed by atoms with van der Waals surface area (Å²) in [5.74, 6) is 0.999. The summed E-state index contributed by atoms with van der Waals surface area (Å²) >= 11 is 2.98. The van der Waals surface area contributed by atoms with Gasteiger partial charge >= 0.3 is 0 Å². The highest BCUT2D eigenvalue weighted by atomic mass is 32.1. The molecule has 1 aromatic carbocycles. The van der Waals surface area contributed by atoms with Gasteiger partial charge in [0.2, 0.25) is 16.0 Å². The van der Waals surface area contributed by atoms with Crippen molar-refractivity contribution < 1.29 is 9.90 Å². The quantitative estimate of drug-likeness (QED) is 0.332. The third-order valence-electron chi connectivity index (χ3n) is 8.86. The number of nitrogens with zero attached hydrogens (tertiary/aromatic N) is 9. The van der Waals surface area contributed by atoms with Crippen molar-refractivity contribution in [3.05, 3.63) is 40.4 Å². The van der Waals surface area contributed by atoms with Crippen LogP contribution in [0.1, 0.15) is 35.9 Å². The molecule has 6 heterocycles. The Morgan fingerprint density at radius 1 is 1.19 bits per heavy atom. The Labute approximate surface area is 258 Å². The molecule has 13 heteroatoms. The molecule has 0 unspecified atom stereocenters. The molecule has 224 valence electrons. The molecule has 0 atom stereocenters. The van der Waals surface area contributed by atoms with Gasteiger partial charge in [-0.1, -0.05) is 59.4 Å². The van der Waals surface area contributed by atoms with E-state index in [1.54, 1.807) is 16.2 Å². The van der Waals surface area contributed by atoms with E-state index in [1.807, 2.05) is 47.7 Å². The maximum Gasteiger partial charge on any atom is 0.236 e. The van der Waals surface area contributed by atoms with E-state index >= 15 is 0 Å². The Hall–Kier alpha value is -3.57. The lowest BCUT2D eigenvalue weighted by atomic mass is 9.73. The number of carbonyl (C=O) groups is 1. The summed E-state index contributed by atoms with van der Waals surface area (Å²) in [6.07, 6.45) is 2.63. The number of benzene rings is 1. The number of piperidine rings is 1. The topological polar surface area (TPSA) is 117 Å². The van der Waals surface area contributed by atoms with Crippen LogP contribution in [0.2, 0.25) is 0 Å². The van der Waals surface area contributed by atoms with Gasteiger partial charge in [0.15, 0.2) is 10.9 Å². The van der Waals surface area contributed by atoms with Crippen LogP contribution in [0.5, 0.6) is 0 Å². The number of imidazole rings is 1.